The number of ether oxygens (including phenoxy) is 1. The lowest BCUT2D eigenvalue weighted by molar-refractivity contribution is -0.131. The van der Waals surface area contributed by atoms with Crippen molar-refractivity contribution in [1.82, 2.24) is 0 Å². The number of rotatable bonds is 4. The second kappa shape index (κ2) is 6.03. The predicted octanol–water partition coefficient (Wildman–Crippen LogP) is 2.83. The molecule has 1 aromatic rings. The molecule has 3 nitrogen and oxygen atoms in total. The van der Waals surface area contributed by atoms with Gasteiger partial charge in [0.1, 0.15) is 5.75 Å². The van der Waals surface area contributed by atoms with Gasteiger partial charge in [-0.25, -0.2) is 0 Å². The van der Waals surface area contributed by atoms with Gasteiger partial charge in [-0.2, -0.15) is 0 Å². The van der Waals surface area contributed by atoms with E-state index < -0.39 is 0 Å². The molecule has 1 aliphatic carbocycles. The molecule has 0 heterocycles. The molecule has 0 aliphatic heterocycles. The number of hydrogen-bond donors (Lipinski definition) is 1. The van der Waals surface area contributed by atoms with E-state index in [9.17, 15) is 4.79 Å². The third-order valence-electron chi connectivity index (χ3n) is 2.83. The molecule has 2 rings (SSSR count). The average Bonchev–Trinajstić information content (AvgIpc) is 3.01. The Bertz CT molecular complexity index is 391. The standard InChI is InChI=1S/C13H17NO2.ClH/c1-9(15)16-12-4-2-3-11(8-12)13(14)7-10-5-6-10;/h2-4,8,10,13H,5-7,14H2,1H3;1H/t13-;/m1./s1. The second-order valence-electron chi connectivity index (χ2n) is 4.45. The van der Waals surface area contributed by atoms with E-state index in [-0.39, 0.29) is 24.4 Å². The maximum atomic E-state index is 10.8. The fraction of sp³-hybridized carbons (Fsp3) is 0.462. The van der Waals surface area contributed by atoms with Gasteiger partial charge in [0.05, 0.1) is 0 Å². The van der Waals surface area contributed by atoms with Gasteiger partial charge in [0.25, 0.3) is 0 Å². The summed E-state index contributed by atoms with van der Waals surface area (Å²) < 4.78 is 5.03. The molecule has 0 radical (unpaired) electrons. The van der Waals surface area contributed by atoms with Crippen LogP contribution in [0.1, 0.15) is 37.8 Å². The summed E-state index contributed by atoms with van der Waals surface area (Å²) in [7, 11) is 0. The fourth-order valence-electron chi connectivity index (χ4n) is 1.82. The molecule has 0 spiro atoms. The van der Waals surface area contributed by atoms with Crippen LogP contribution in [0.2, 0.25) is 0 Å². The lowest BCUT2D eigenvalue weighted by Gasteiger charge is -2.12. The van der Waals surface area contributed by atoms with Crippen molar-refractivity contribution in [3.63, 3.8) is 0 Å². The SMILES string of the molecule is CC(=O)Oc1cccc([C@H](N)CC2CC2)c1.Cl. The summed E-state index contributed by atoms with van der Waals surface area (Å²) in [6, 6.07) is 7.55. The molecule has 1 aromatic carbocycles. The zero-order valence-electron chi connectivity index (χ0n) is 9.89. The highest BCUT2D eigenvalue weighted by atomic mass is 35.5. The Labute approximate surface area is 108 Å². The number of benzene rings is 1. The maximum absolute atomic E-state index is 10.8. The zero-order chi connectivity index (χ0) is 11.5. The van der Waals surface area contributed by atoms with Crippen molar-refractivity contribution in [1.29, 1.82) is 0 Å². The van der Waals surface area contributed by atoms with Crippen molar-refractivity contribution < 1.29 is 9.53 Å². The number of hydrogen-bond acceptors (Lipinski definition) is 3. The minimum absolute atomic E-state index is 0. The van der Waals surface area contributed by atoms with E-state index in [2.05, 4.69) is 0 Å². The van der Waals surface area contributed by atoms with Gasteiger partial charge in [0.2, 0.25) is 0 Å². The molecule has 1 saturated carbocycles. The number of halogens is 1. The number of nitrogens with two attached hydrogens (primary N) is 1. The topological polar surface area (TPSA) is 52.3 Å². The molecule has 2 N–H and O–H groups in total. The van der Waals surface area contributed by atoms with Gasteiger partial charge in [0.15, 0.2) is 0 Å². The molecule has 0 amide bonds. The number of esters is 1. The van der Waals surface area contributed by atoms with Gasteiger partial charge < -0.3 is 10.5 Å². The van der Waals surface area contributed by atoms with Gasteiger partial charge in [-0.1, -0.05) is 25.0 Å². The Morgan fingerprint density at radius 1 is 1.53 bits per heavy atom. The van der Waals surface area contributed by atoms with Crippen LogP contribution >= 0.6 is 12.4 Å². The summed E-state index contributed by atoms with van der Waals surface area (Å²) in [6.07, 6.45) is 3.64. The first-order valence-corrected chi connectivity index (χ1v) is 5.69. The van der Waals surface area contributed by atoms with Crippen LogP contribution in [0, 0.1) is 5.92 Å². The van der Waals surface area contributed by atoms with Gasteiger partial charge in [0, 0.05) is 13.0 Å². The van der Waals surface area contributed by atoms with E-state index in [1.54, 1.807) is 6.07 Å². The Balaban J connectivity index is 0.00000144. The lowest BCUT2D eigenvalue weighted by atomic mass is 10.0. The van der Waals surface area contributed by atoms with Crippen molar-refractivity contribution in [2.24, 2.45) is 11.7 Å². The van der Waals surface area contributed by atoms with Crippen molar-refractivity contribution >= 4 is 18.4 Å². The third-order valence-corrected chi connectivity index (χ3v) is 2.83. The molecule has 0 saturated heterocycles. The van der Waals surface area contributed by atoms with E-state index in [1.165, 1.54) is 19.8 Å². The third kappa shape index (κ3) is 4.36. The molecule has 0 aromatic heterocycles. The van der Waals surface area contributed by atoms with Crippen LogP contribution in [0.15, 0.2) is 24.3 Å². The lowest BCUT2D eigenvalue weighted by Crippen LogP contribution is -2.11. The minimum atomic E-state index is -0.298. The molecule has 4 heteroatoms. The van der Waals surface area contributed by atoms with Crippen molar-refractivity contribution in [3.05, 3.63) is 29.8 Å². The minimum Gasteiger partial charge on any atom is -0.427 e. The smallest absolute Gasteiger partial charge is 0.308 e. The molecule has 94 valence electrons. The first-order valence-electron chi connectivity index (χ1n) is 5.69. The summed E-state index contributed by atoms with van der Waals surface area (Å²) in [5.74, 6) is 1.08. The summed E-state index contributed by atoms with van der Waals surface area (Å²) in [6.45, 7) is 1.40. The summed E-state index contributed by atoms with van der Waals surface area (Å²) in [5.41, 5.74) is 7.14. The highest BCUT2D eigenvalue weighted by Crippen LogP contribution is 2.37. The van der Waals surface area contributed by atoms with Gasteiger partial charge in [-0.3, -0.25) is 4.79 Å². The Morgan fingerprint density at radius 3 is 2.82 bits per heavy atom. The van der Waals surface area contributed by atoms with E-state index >= 15 is 0 Å². The summed E-state index contributed by atoms with van der Waals surface area (Å²) >= 11 is 0. The molecular weight excluding hydrogens is 238 g/mol. The molecule has 1 fully saturated rings. The number of carbonyl (C=O) groups excluding carboxylic acids is 1. The highest BCUT2D eigenvalue weighted by Gasteiger charge is 2.24. The maximum Gasteiger partial charge on any atom is 0.308 e. The zero-order valence-corrected chi connectivity index (χ0v) is 10.7. The van der Waals surface area contributed by atoms with Crippen LogP contribution in [0.3, 0.4) is 0 Å². The first-order chi connectivity index (χ1) is 7.65. The van der Waals surface area contributed by atoms with Crippen LogP contribution < -0.4 is 10.5 Å². The molecule has 0 bridgehead atoms. The normalized spacial score (nSPS) is 15.9. The summed E-state index contributed by atoms with van der Waals surface area (Å²) in [4.78, 5) is 10.8. The van der Waals surface area contributed by atoms with E-state index in [4.69, 9.17) is 10.5 Å². The van der Waals surface area contributed by atoms with Crippen molar-refractivity contribution in [3.8, 4) is 5.75 Å². The fourth-order valence-corrected chi connectivity index (χ4v) is 1.82. The molecule has 17 heavy (non-hydrogen) atoms. The van der Waals surface area contributed by atoms with E-state index in [1.807, 2.05) is 18.2 Å². The Hall–Kier alpha value is -1.06. The van der Waals surface area contributed by atoms with Gasteiger partial charge in [-0.15, -0.1) is 12.4 Å². The summed E-state index contributed by atoms with van der Waals surface area (Å²) in [5, 5.41) is 0. The van der Waals surface area contributed by atoms with Crippen LogP contribution in [-0.4, -0.2) is 5.97 Å². The molecular formula is C13H18ClNO2. The van der Waals surface area contributed by atoms with Gasteiger partial charge >= 0.3 is 5.97 Å². The molecule has 1 atom stereocenters. The van der Waals surface area contributed by atoms with Crippen LogP contribution in [-0.2, 0) is 4.79 Å². The predicted molar refractivity (Wildman–Crippen MR) is 69.3 cm³/mol. The Morgan fingerprint density at radius 2 is 2.24 bits per heavy atom. The Kier molecular flexibility index (Phi) is 4.97. The van der Waals surface area contributed by atoms with Crippen LogP contribution in [0.5, 0.6) is 5.75 Å². The average molecular weight is 256 g/mol. The molecule has 1 aliphatic rings. The van der Waals surface area contributed by atoms with Gasteiger partial charge in [-0.05, 0) is 30.0 Å². The van der Waals surface area contributed by atoms with Crippen molar-refractivity contribution in [2.75, 3.05) is 0 Å². The van der Waals surface area contributed by atoms with E-state index in [0.29, 0.717) is 5.75 Å². The number of carbonyl (C=O) groups is 1. The quantitative estimate of drug-likeness (QED) is 0.665. The van der Waals surface area contributed by atoms with Crippen LogP contribution in [0.4, 0.5) is 0 Å². The monoisotopic (exact) mass is 255 g/mol. The first kappa shape index (κ1) is 14.0. The van der Waals surface area contributed by atoms with E-state index in [0.717, 1.165) is 17.9 Å². The van der Waals surface area contributed by atoms with Crippen molar-refractivity contribution in [2.45, 2.75) is 32.2 Å². The highest BCUT2D eigenvalue weighted by molar-refractivity contribution is 5.85. The largest absolute Gasteiger partial charge is 0.427 e. The molecule has 0 unspecified atom stereocenters. The second-order valence-corrected chi connectivity index (χ2v) is 4.45. The van der Waals surface area contributed by atoms with Crippen LogP contribution in [0.25, 0.3) is 0 Å².